The number of esters is 1. The van der Waals surface area contributed by atoms with Crippen LogP contribution >= 0.6 is 11.3 Å². The summed E-state index contributed by atoms with van der Waals surface area (Å²) in [6.45, 7) is 4.03. The number of carbonyl (C=O) groups is 3. The lowest BCUT2D eigenvalue weighted by atomic mass is 10.3. The summed E-state index contributed by atoms with van der Waals surface area (Å²) in [5.41, 5.74) is 5.44. The fourth-order valence-electron chi connectivity index (χ4n) is 2.17. The van der Waals surface area contributed by atoms with E-state index in [4.69, 9.17) is 19.9 Å². The van der Waals surface area contributed by atoms with Crippen LogP contribution in [-0.4, -0.2) is 37.1 Å². The molecule has 1 aromatic heterocycles. The molecule has 0 aliphatic rings. The molecule has 0 saturated heterocycles. The van der Waals surface area contributed by atoms with Crippen LogP contribution in [0.25, 0.3) is 0 Å². The van der Waals surface area contributed by atoms with Gasteiger partial charge in [0.1, 0.15) is 16.5 Å². The van der Waals surface area contributed by atoms with Crippen LogP contribution in [0.1, 0.15) is 30.6 Å². The van der Waals surface area contributed by atoms with Crippen molar-refractivity contribution in [2.75, 3.05) is 18.5 Å². The number of rotatable bonds is 10. The van der Waals surface area contributed by atoms with Crippen LogP contribution in [0, 0.1) is 0 Å². The average Bonchev–Trinajstić information content (AvgIpc) is 3.11. The van der Waals surface area contributed by atoms with Crippen LogP contribution in [0.4, 0.5) is 5.00 Å². The average molecular weight is 406 g/mol. The number of nitrogens with two attached hydrogens (primary N) is 1. The molecule has 0 saturated carbocycles. The zero-order valence-electron chi connectivity index (χ0n) is 15.6. The normalized spacial score (nSPS) is 11.4. The highest BCUT2D eigenvalue weighted by atomic mass is 32.1. The maximum atomic E-state index is 12.1. The van der Waals surface area contributed by atoms with E-state index in [1.807, 2.05) is 6.92 Å². The number of amides is 2. The molecule has 0 fully saturated rings. The first-order chi connectivity index (χ1) is 13.4. The van der Waals surface area contributed by atoms with Gasteiger partial charge in [-0.1, -0.05) is 0 Å². The Hall–Kier alpha value is -3.07. The topological polar surface area (TPSA) is 117 Å². The summed E-state index contributed by atoms with van der Waals surface area (Å²) in [6, 6.07) is 8.54. The minimum absolute atomic E-state index is 0.0175. The Morgan fingerprint density at radius 3 is 2.36 bits per heavy atom. The Morgan fingerprint density at radius 1 is 1.11 bits per heavy atom. The number of benzene rings is 1. The van der Waals surface area contributed by atoms with Crippen LogP contribution in [0.2, 0.25) is 0 Å². The van der Waals surface area contributed by atoms with Crippen LogP contribution in [0.3, 0.4) is 0 Å². The molecule has 1 heterocycles. The molecule has 2 amide bonds. The molecule has 0 bridgehead atoms. The number of carbonyl (C=O) groups excluding carboxylic acids is 3. The van der Waals surface area contributed by atoms with E-state index in [9.17, 15) is 14.4 Å². The van der Waals surface area contributed by atoms with E-state index in [0.29, 0.717) is 17.4 Å². The van der Waals surface area contributed by atoms with E-state index < -0.39 is 23.9 Å². The van der Waals surface area contributed by atoms with Gasteiger partial charge in [0.25, 0.3) is 11.8 Å². The summed E-state index contributed by atoms with van der Waals surface area (Å²) >= 11 is 1.16. The van der Waals surface area contributed by atoms with Gasteiger partial charge >= 0.3 is 5.97 Å². The van der Waals surface area contributed by atoms with Crippen LogP contribution in [-0.2, 0) is 14.3 Å². The predicted octanol–water partition coefficient (Wildman–Crippen LogP) is 2.58. The maximum absolute atomic E-state index is 12.1. The van der Waals surface area contributed by atoms with Gasteiger partial charge in [-0.3, -0.25) is 14.4 Å². The summed E-state index contributed by atoms with van der Waals surface area (Å²) in [7, 11) is 0. The smallest absolute Gasteiger partial charge is 0.310 e. The van der Waals surface area contributed by atoms with Crippen LogP contribution in [0.15, 0.2) is 35.7 Å². The molecule has 28 heavy (non-hydrogen) atoms. The second kappa shape index (κ2) is 10.3. The van der Waals surface area contributed by atoms with E-state index >= 15 is 0 Å². The van der Waals surface area contributed by atoms with Crippen molar-refractivity contribution in [3.8, 4) is 11.5 Å². The predicted molar refractivity (Wildman–Crippen MR) is 105 cm³/mol. The molecule has 3 N–H and O–H groups in total. The highest BCUT2D eigenvalue weighted by Crippen LogP contribution is 2.23. The van der Waals surface area contributed by atoms with Crippen molar-refractivity contribution in [1.82, 2.24) is 0 Å². The molecule has 8 nitrogen and oxygen atoms in total. The largest absolute Gasteiger partial charge is 0.494 e. The van der Waals surface area contributed by atoms with E-state index in [2.05, 4.69) is 5.32 Å². The minimum Gasteiger partial charge on any atom is -0.494 e. The third-order valence-corrected chi connectivity index (χ3v) is 4.38. The molecular formula is C19H22N2O6S. The molecule has 0 radical (unpaired) electrons. The molecule has 150 valence electrons. The van der Waals surface area contributed by atoms with Gasteiger partial charge in [0.2, 0.25) is 0 Å². The zero-order valence-corrected chi connectivity index (χ0v) is 16.4. The molecule has 2 rings (SSSR count). The second-order valence-corrected chi connectivity index (χ2v) is 6.57. The Labute approximate surface area is 166 Å². The molecule has 0 spiro atoms. The van der Waals surface area contributed by atoms with Crippen molar-refractivity contribution in [2.45, 2.75) is 26.4 Å². The monoisotopic (exact) mass is 406 g/mol. The number of anilines is 1. The third-order valence-electron chi connectivity index (χ3n) is 3.55. The number of ether oxygens (including phenoxy) is 3. The highest BCUT2D eigenvalue weighted by molar-refractivity contribution is 7.14. The van der Waals surface area contributed by atoms with Crippen molar-refractivity contribution in [2.24, 2.45) is 5.73 Å². The quantitative estimate of drug-likeness (QED) is 0.586. The lowest BCUT2D eigenvalue weighted by Gasteiger charge is -2.13. The van der Waals surface area contributed by atoms with E-state index in [1.165, 1.54) is 13.0 Å². The molecule has 1 aromatic carbocycles. The van der Waals surface area contributed by atoms with Gasteiger partial charge in [-0.05, 0) is 49.6 Å². The van der Waals surface area contributed by atoms with E-state index in [-0.39, 0.29) is 18.6 Å². The molecule has 2 aromatic rings. The van der Waals surface area contributed by atoms with Crippen molar-refractivity contribution in [3.05, 3.63) is 41.3 Å². The lowest BCUT2D eigenvalue weighted by Crippen LogP contribution is -2.30. The summed E-state index contributed by atoms with van der Waals surface area (Å²) in [6.07, 6.45) is -1.04. The summed E-state index contributed by atoms with van der Waals surface area (Å²) < 4.78 is 15.9. The van der Waals surface area contributed by atoms with Gasteiger partial charge in [-0.25, -0.2) is 0 Å². The molecular weight excluding hydrogens is 384 g/mol. The zero-order chi connectivity index (χ0) is 20.5. The Balaban J connectivity index is 1.74. The van der Waals surface area contributed by atoms with Gasteiger partial charge in [-0.2, -0.15) is 0 Å². The number of nitrogens with one attached hydrogen (secondary N) is 1. The molecule has 0 aliphatic heterocycles. The van der Waals surface area contributed by atoms with Gasteiger partial charge < -0.3 is 25.3 Å². The highest BCUT2D eigenvalue weighted by Gasteiger charge is 2.20. The first-order valence-electron chi connectivity index (χ1n) is 8.64. The fourth-order valence-corrected chi connectivity index (χ4v) is 2.97. The summed E-state index contributed by atoms with van der Waals surface area (Å²) in [5, 5.41) is 4.48. The first kappa shape index (κ1) is 21.2. The van der Waals surface area contributed by atoms with Gasteiger partial charge in [0.05, 0.1) is 25.2 Å². The molecule has 9 heteroatoms. The van der Waals surface area contributed by atoms with Crippen LogP contribution < -0.4 is 20.5 Å². The molecule has 0 aliphatic carbocycles. The van der Waals surface area contributed by atoms with Crippen LogP contribution in [0.5, 0.6) is 11.5 Å². The number of primary amides is 1. The van der Waals surface area contributed by atoms with Gasteiger partial charge in [0.15, 0.2) is 6.10 Å². The SMILES string of the molecule is CCOc1ccc(OCCC(=O)OC(C)C(=O)Nc2sccc2C(N)=O)cc1. The third kappa shape index (κ3) is 6.27. The summed E-state index contributed by atoms with van der Waals surface area (Å²) in [4.78, 5) is 35.3. The molecule has 1 unspecified atom stereocenters. The van der Waals surface area contributed by atoms with E-state index in [1.54, 1.807) is 29.6 Å². The van der Waals surface area contributed by atoms with Crippen molar-refractivity contribution in [1.29, 1.82) is 0 Å². The van der Waals surface area contributed by atoms with E-state index in [0.717, 1.165) is 17.1 Å². The number of hydrogen-bond acceptors (Lipinski definition) is 7. The van der Waals surface area contributed by atoms with Crippen molar-refractivity contribution < 1.29 is 28.6 Å². The Bertz CT molecular complexity index is 818. The summed E-state index contributed by atoms with van der Waals surface area (Å²) in [5.74, 6) is -0.439. The number of thiophene rings is 1. The van der Waals surface area contributed by atoms with Gasteiger partial charge in [0, 0.05) is 0 Å². The lowest BCUT2D eigenvalue weighted by molar-refractivity contribution is -0.153. The minimum atomic E-state index is -1.03. The molecule has 1 atom stereocenters. The maximum Gasteiger partial charge on any atom is 0.310 e. The Morgan fingerprint density at radius 2 is 1.75 bits per heavy atom. The Kier molecular flexibility index (Phi) is 7.82. The standard InChI is InChI=1S/C19H22N2O6S/c1-3-25-13-4-6-14(7-5-13)26-10-8-16(22)27-12(2)18(24)21-19-15(17(20)23)9-11-28-19/h4-7,9,11-12H,3,8,10H2,1-2H3,(H2,20,23)(H,21,24). The first-order valence-corrected chi connectivity index (χ1v) is 9.52. The number of hydrogen-bond donors (Lipinski definition) is 2. The second-order valence-electron chi connectivity index (χ2n) is 5.65. The fraction of sp³-hybridized carbons (Fsp3) is 0.316. The van der Waals surface area contributed by atoms with Crippen molar-refractivity contribution in [3.63, 3.8) is 0 Å². The van der Waals surface area contributed by atoms with Crippen molar-refractivity contribution >= 4 is 34.1 Å². The van der Waals surface area contributed by atoms with Gasteiger partial charge in [-0.15, -0.1) is 11.3 Å².